The normalized spacial score (nSPS) is 12.5. The van der Waals surface area contributed by atoms with Crippen LogP contribution < -0.4 is 5.69 Å². The summed E-state index contributed by atoms with van der Waals surface area (Å²) in [5.74, 6) is -0.307. The summed E-state index contributed by atoms with van der Waals surface area (Å²) < 4.78 is 6.19. The Kier molecular flexibility index (Phi) is 3.96. The number of hydrogen-bond acceptors (Lipinski definition) is 5. The van der Waals surface area contributed by atoms with Crippen molar-refractivity contribution < 1.29 is 9.53 Å². The van der Waals surface area contributed by atoms with Crippen molar-refractivity contribution in [3.8, 4) is 0 Å². The van der Waals surface area contributed by atoms with E-state index in [1.807, 2.05) is 0 Å². The molecule has 0 bridgehead atoms. The molecule has 1 atom stereocenters. The van der Waals surface area contributed by atoms with Crippen LogP contribution in [0, 0.1) is 0 Å². The molecule has 1 heterocycles. The maximum atomic E-state index is 11.3. The zero-order valence-electron chi connectivity index (χ0n) is 8.81. The van der Waals surface area contributed by atoms with Crippen molar-refractivity contribution >= 4 is 17.7 Å². The Bertz CT molecular complexity index is 398. The molecular weight excluding hydrogens is 218 g/mol. The van der Waals surface area contributed by atoms with Gasteiger partial charge >= 0.3 is 11.7 Å². The van der Waals surface area contributed by atoms with Gasteiger partial charge in [-0.2, -0.15) is 0 Å². The molecule has 0 spiro atoms. The van der Waals surface area contributed by atoms with E-state index in [1.165, 1.54) is 16.3 Å². The summed E-state index contributed by atoms with van der Waals surface area (Å²) in [5.41, 5.74) is -0.298. The van der Waals surface area contributed by atoms with E-state index in [0.717, 1.165) is 0 Å². The van der Waals surface area contributed by atoms with Gasteiger partial charge in [0.25, 0.3) is 0 Å². The molecule has 1 N–H and O–H groups in total. The predicted octanol–water partition coefficient (Wildman–Crippen LogP) is 0.152. The first-order valence-corrected chi connectivity index (χ1v) is 5.39. The topological polar surface area (TPSA) is 77.0 Å². The number of ether oxygens (including phenoxy) is 1. The molecule has 0 saturated heterocycles. The summed E-state index contributed by atoms with van der Waals surface area (Å²) in [4.78, 5) is 22.3. The van der Waals surface area contributed by atoms with Crippen molar-refractivity contribution in [3.63, 3.8) is 0 Å². The van der Waals surface area contributed by atoms with Gasteiger partial charge in [-0.3, -0.25) is 9.36 Å². The van der Waals surface area contributed by atoms with Crippen LogP contribution in [0.25, 0.3) is 0 Å². The van der Waals surface area contributed by atoms with E-state index in [4.69, 9.17) is 4.74 Å². The lowest BCUT2D eigenvalue weighted by molar-refractivity contribution is -0.142. The molecule has 1 rings (SSSR count). The molecule has 7 heteroatoms. The third-order valence-electron chi connectivity index (χ3n) is 1.74. The Labute approximate surface area is 91.0 Å². The predicted molar refractivity (Wildman–Crippen MR) is 55.8 cm³/mol. The van der Waals surface area contributed by atoms with Crippen molar-refractivity contribution in [2.45, 2.75) is 24.3 Å². The summed E-state index contributed by atoms with van der Waals surface area (Å²) in [7, 11) is 1.59. The van der Waals surface area contributed by atoms with Gasteiger partial charge in [0.1, 0.15) is 5.25 Å². The number of nitrogens with zero attached hydrogens (tertiary/aromatic N) is 2. The maximum absolute atomic E-state index is 11.3. The number of aromatic amines is 1. The number of H-pyrrole nitrogens is 1. The van der Waals surface area contributed by atoms with Gasteiger partial charge in [0.2, 0.25) is 0 Å². The quantitative estimate of drug-likeness (QED) is 0.589. The zero-order valence-corrected chi connectivity index (χ0v) is 9.63. The van der Waals surface area contributed by atoms with Crippen LogP contribution in [0.5, 0.6) is 0 Å². The molecule has 1 aromatic rings. The first kappa shape index (κ1) is 11.8. The Morgan fingerprint density at radius 1 is 1.73 bits per heavy atom. The highest BCUT2D eigenvalue weighted by molar-refractivity contribution is 8.00. The molecule has 84 valence electrons. The molecule has 0 fully saturated rings. The fourth-order valence-corrected chi connectivity index (χ4v) is 1.72. The third kappa shape index (κ3) is 2.85. The molecule has 0 radical (unpaired) electrons. The molecule has 15 heavy (non-hydrogen) atoms. The Morgan fingerprint density at radius 2 is 2.40 bits per heavy atom. The van der Waals surface area contributed by atoms with E-state index in [-0.39, 0.29) is 16.9 Å². The van der Waals surface area contributed by atoms with Crippen LogP contribution in [0.3, 0.4) is 0 Å². The van der Waals surface area contributed by atoms with Gasteiger partial charge in [-0.1, -0.05) is 11.8 Å². The molecule has 0 aliphatic carbocycles. The lowest BCUT2D eigenvalue weighted by Gasteiger charge is -2.08. The molecule has 6 nitrogen and oxygen atoms in total. The van der Waals surface area contributed by atoms with E-state index in [2.05, 4.69) is 10.2 Å². The molecular formula is C8H13N3O3S. The average molecular weight is 231 g/mol. The minimum absolute atomic E-state index is 0.298. The van der Waals surface area contributed by atoms with E-state index in [0.29, 0.717) is 11.8 Å². The molecule has 0 aliphatic rings. The minimum Gasteiger partial charge on any atom is -0.465 e. The summed E-state index contributed by atoms with van der Waals surface area (Å²) in [6.07, 6.45) is 0. The molecule has 1 aromatic heterocycles. The van der Waals surface area contributed by atoms with Gasteiger partial charge < -0.3 is 4.74 Å². The number of aromatic nitrogens is 3. The monoisotopic (exact) mass is 231 g/mol. The van der Waals surface area contributed by atoms with Crippen LogP contribution >= 0.6 is 11.8 Å². The Hall–Kier alpha value is -1.24. The van der Waals surface area contributed by atoms with Crippen molar-refractivity contribution in [1.29, 1.82) is 0 Å². The van der Waals surface area contributed by atoms with Crippen LogP contribution in [0.1, 0.15) is 13.8 Å². The van der Waals surface area contributed by atoms with Gasteiger partial charge in [0.05, 0.1) is 6.61 Å². The first-order valence-electron chi connectivity index (χ1n) is 4.51. The average Bonchev–Trinajstić information content (AvgIpc) is 2.50. The molecule has 0 saturated carbocycles. The Morgan fingerprint density at radius 3 is 2.87 bits per heavy atom. The second-order valence-electron chi connectivity index (χ2n) is 2.88. The lowest BCUT2D eigenvalue weighted by Crippen LogP contribution is -2.18. The summed E-state index contributed by atoms with van der Waals surface area (Å²) >= 11 is 1.19. The second kappa shape index (κ2) is 5.01. The van der Waals surface area contributed by atoms with Crippen LogP contribution in [0.15, 0.2) is 9.95 Å². The molecule has 1 unspecified atom stereocenters. The van der Waals surface area contributed by atoms with Gasteiger partial charge in [-0.25, -0.2) is 9.89 Å². The highest BCUT2D eigenvalue weighted by Gasteiger charge is 2.18. The fraction of sp³-hybridized carbons (Fsp3) is 0.625. The molecule has 0 aliphatic heterocycles. The van der Waals surface area contributed by atoms with Gasteiger partial charge in [0.15, 0.2) is 5.16 Å². The van der Waals surface area contributed by atoms with Crippen LogP contribution in [0.2, 0.25) is 0 Å². The third-order valence-corrected chi connectivity index (χ3v) is 2.86. The largest absolute Gasteiger partial charge is 0.465 e. The van der Waals surface area contributed by atoms with Crippen LogP contribution in [-0.4, -0.2) is 32.6 Å². The van der Waals surface area contributed by atoms with Gasteiger partial charge in [-0.15, -0.1) is 5.10 Å². The van der Waals surface area contributed by atoms with Crippen molar-refractivity contribution in [2.75, 3.05) is 6.61 Å². The maximum Gasteiger partial charge on any atom is 0.343 e. The van der Waals surface area contributed by atoms with E-state index < -0.39 is 0 Å². The highest BCUT2D eigenvalue weighted by Crippen LogP contribution is 2.19. The number of carbonyl (C=O) groups is 1. The fourth-order valence-electron chi connectivity index (χ4n) is 0.904. The standard InChI is InChI=1S/C8H13N3O3S/c1-4-14-6(12)5(2)15-8-10-9-7(13)11(8)3/h5H,4H2,1-3H3,(H,9,13). The van der Waals surface area contributed by atoms with Crippen molar-refractivity contribution in [1.82, 2.24) is 14.8 Å². The highest BCUT2D eigenvalue weighted by atomic mass is 32.2. The van der Waals surface area contributed by atoms with Crippen LogP contribution in [0.4, 0.5) is 0 Å². The van der Waals surface area contributed by atoms with E-state index >= 15 is 0 Å². The first-order chi connectivity index (χ1) is 7.06. The number of carbonyl (C=O) groups excluding carboxylic acids is 1. The van der Waals surface area contributed by atoms with Crippen LogP contribution in [-0.2, 0) is 16.6 Å². The number of nitrogens with one attached hydrogen (secondary N) is 1. The smallest absolute Gasteiger partial charge is 0.343 e. The minimum atomic E-state index is -0.376. The van der Waals surface area contributed by atoms with Crippen molar-refractivity contribution in [3.05, 3.63) is 10.5 Å². The second-order valence-corrected chi connectivity index (χ2v) is 4.19. The van der Waals surface area contributed by atoms with Crippen molar-refractivity contribution in [2.24, 2.45) is 7.05 Å². The SMILES string of the molecule is CCOC(=O)C(C)Sc1n[nH]c(=O)n1C. The van der Waals surface area contributed by atoms with Gasteiger partial charge in [-0.05, 0) is 13.8 Å². The summed E-state index contributed by atoms with van der Waals surface area (Å²) in [5, 5.41) is 6.17. The number of esters is 1. The number of thioether (sulfide) groups is 1. The Balaban J connectivity index is 2.66. The van der Waals surface area contributed by atoms with E-state index in [9.17, 15) is 9.59 Å². The lowest BCUT2D eigenvalue weighted by atomic mass is 10.5. The zero-order chi connectivity index (χ0) is 11.4. The summed E-state index contributed by atoms with van der Waals surface area (Å²) in [6.45, 7) is 3.81. The van der Waals surface area contributed by atoms with E-state index in [1.54, 1.807) is 20.9 Å². The molecule has 0 amide bonds. The molecule has 0 aromatic carbocycles. The number of rotatable bonds is 4. The number of hydrogen-bond donors (Lipinski definition) is 1. The van der Waals surface area contributed by atoms with Gasteiger partial charge in [0, 0.05) is 7.05 Å². The summed E-state index contributed by atoms with van der Waals surface area (Å²) in [6, 6.07) is 0.